The minimum absolute atomic E-state index is 0.0163. The van der Waals surface area contributed by atoms with E-state index in [9.17, 15) is 0 Å². The molecule has 17 aromatic carbocycles. The van der Waals surface area contributed by atoms with E-state index in [-0.39, 0.29) is 16.2 Å². The first kappa shape index (κ1) is 87.5. The molecule has 0 radical (unpaired) electrons. The summed E-state index contributed by atoms with van der Waals surface area (Å²) in [7, 11) is 0. The molecule has 0 spiro atoms. The van der Waals surface area contributed by atoms with Gasteiger partial charge in [-0.3, -0.25) is 15.0 Å². The Balaban J connectivity index is 0.000000116. The molecule has 0 unspecified atom stereocenters. The van der Waals surface area contributed by atoms with Crippen LogP contribution in [0.3, 0.4) is 0 Å². The van der Waals surface area contributed by atoms with Crippen LogP contribution in [0, 0.1) is 0 Å². The second-order valence-electron chi connectivity index (χ2n) is 38.3. The number of hydrogen-bond donors (Lipinski definition) is 0. The van der Waals surface area contributed by atoms with Gasteiger partial charge in [-0.15, -0.1) is 0 Å². The molecular weight excluding hydrogens is 1740 g/mol. The number of aromatic nitrogens is 12. The molecule has 3 aliphatic carbocycles. The molecule has 0 saturated heterocycles. The van der Waals surface area contributed by atoms with Crippen LogP contribution in [0.1, 0.15) is 74.9 Å². The summed E-state index contributed by atoms with van der Waals surface area (Å²) in [6, 6.07) is 149. The fraction of sp³-hybridized carbons (Fsp3) is 0.0687. The number of benzene rings is 17. The summed E-state index contributed by atoms with van der Waals surface area (Å²) in [5.74, 6) is 5.77. The Morgan fingerprint density at radius 2 is 0.434 bits per heavy atom. The highest BCUT2D eigenvalue weighted by molar-refractivity contribution is 6.04. The van der Waals surface area contributed by atoms with Crippen molar-refractivity contribution < 1.29 is 0 Å². The molecule has 26 rings (SSSR count). The van der Waals surface area contributed by atoms with Gasteiger partial charge in [-0.25, -0.2) is 44.9 Å². The van der Waals surface area contributed by atoms with Gasteiger partial charge in [0.1, 0.15) is 0 Å². The topological polar surface area (TPSA) is 155 Å². The lowest BCUT2D eigenvalue weighted by Crippen LogP contribution is -2.15. The molecule has 0 N–H and O–H groups in total. The summed E-state index contributed by atoms with van der Waals surface area (Å²) in [6.07, 6.45) is 11.0. The van der Waals surface area contributed by atoms with Crippen LogP contribution in [-0.4, -0.2) is 59.8 Å². The highest BCUT2D eigenvalue weighted by Gasteiger charge is 2.40. The molecule has 0 bridgehead atoms. The summed E-state index contributed by atoms with van der Waals surface area (Å²) in [5, 5.41) is 5.20. The highest BCUT2D eigenvalue weighted by Crippen LogP contribution is 2.56. The zero-order valence-electron chi connectivity index (χ0n) is 79.7. The number of nitrogens with zero attached hydrogens (tertiary/aromatic N) is 12. The molecule has 0 fully saturated rings. The fourth-order valence-electron chi connectivity index (χ4n) is 21.0. The SMILES string of the molecule is CC1(C)c2cc(-c3cccc(-c4nc(-c5ccccc5)nc(-c5ccc(-c6cccnc6)cc5)n4)c3)ccc2-c2c1ccc1ccccc21.CC1(C)c2cc(-c3cccc(-c4nc(-c5ccccc5)nc(-c5ccc(-c6cccnc6)cc5)n4)c3)ccc2-c2ccc3ccccc3c21.CC1(C)c2ccccc2-c2cc(-c3cccc(-c4nc(-c5ccccc5)nc(-c5ccc(-c6cccnc6)cc5)n4)c3)ccc21. The van der Waals surface area contributed by atoms with E-state index < -0.39 is 0 Å². The van der Waals surface area contributed by atoms with Gasteiger partial charge in [-0.05, 0) is 210 Å². The summed E-state index contributed by atoms with van der Waals surface area (Å²) in [5.41, 5.74) is 37.8. The first-order valence-electron chi connectivity index (χ1n) is 48.5. The number of hydrogen-bond acceptors (Lipinski definition) is 12. The average molecular weight is 1840 g/mol. The van der Waals surface area contributed by atoms with Crippen molar-refractivity contribution in [3.8, 4) is 203 Å². The molecule has 0 aliphatic heterocycles. The van der Waals surface area contributed by atoms with Crippen molar-refractivity contribution in [2.75, 3.05) is 0 Å². The van der Waals surface area contributed by atoms with E-state index in [1.54, 1.807) is 18.6 Å². The third-order valence-corrected chi connectivity index (χ3v) is 28.5. The van der Waals surface area contributed by atoms with Crippen molar-refractivity contribution in [2.24, 2.45) is 0 Å². The predicted octanol–water partition coefficient (Wildman–Crippen LogP) is 32.0. The van der Waals surface area contributed by atoms with Crippen LogP contribution in [0.5, 0.6) is 0 Å². The van der Waals surface area contributed by atoms with Gasteiger partial charge in [0.05, 0.1) is 0 Å². The van der Waals surface area contributed by atoms with Crippen LogP contribution >= 0.6 is 0 Å². The predicted molar refractivity (Wildman–Crippen MR) is 582 cm³/mol. The van der Waals surface area contributed by atoms with E-state index in [0.717, 1.165) is 100 Å². The molecule has 0 saturated carbocycles. The normalized spacial score (nSPS) is 12.9. The van der Waals surface area contributed by atoms with Crippen LogP contribution in [0.2, 0.25) is 0 Å². The Morgan fingerprint density at radius 1 is 0.154 bits per heavy atom. The van der Waals surface area contributed by atoms with Crippen molar-refractivity contribution in [1.82, 2.24) is 59.8 Å². The quantitative estimate of drug-likeness (QED) is 0.0959. The number of rotatable bonds is 15. The first-order valence-corrected chi connectivity index (χ1v) is 48.5. The third-order valence-electron chi connectivity index (χ3n) is 28.5. The lowest BCUT2D eigenvalue weighted by atomic mass is 9.79. The van der Waals surface area contributed by atoms with E-state index >= 15 is 0 Å². The van der Waals surface area contributed by atoms with Gasteiger partial charge in [0, 0.05) is 103 Å². The largest absolute Gasteiger partial charge is 0.264 e. The molecular formula is C131H94N12. The van der Waals surface area contributed by atoms with Gasteiger partial charge in [-0.1, -0.05) is 412 Å². The Morgan fingerprint density at radius 3 is 0.867 bits per heavy atom. The second kappa shape index (κ2) is 36.6. The van der Waals surface area contributed by atoms with E-state index in [2.05, 4.69) is 372 Å². The van der Waals surface area contributed by atoms with Gasteiger partial charge in [0.25, 0.3) is 0 Å². The molecule has 678 valence electrons. The fourth-order valence-corrected chi connectivity index (χ4v) is 21.0. The lowest BCUT2D eigenvalue weighted by Gasteiger charge is -2.23. The summed E-state index contributed by atoms with van der Waals surface area (Å²) in [6.45, 7) is 14.0. The molecule has 12 nitrogen and oxygen atoms in total. The standard InChI is InChI=1S/2C45H32N4.C41H30N4/c1-45(2)40-27-34(22-23-38(40)39-24-21-30-10-6-7-16-37(30)41(39)45)33-13-8-14-35(26-33)44-48-42(31-11-4-3-5-12-31)47-43(49-44)32-19-17-29(18-20-32)36-15-9-25-46-28-36;1-45(2)39-24-22-30-10-6-7-16-37(30)41(39)38-23-21-34(27-40(38)45)33-13-8-14-35(26-33)44-48-42(31-11-4-3-5-12-31)47-43(49-44)32-19-17-29(18-20-32)36-15-9-25-46-28-36;1-41(2)36-16-7-6-15-34(36)35-25-31(21-22-37(35)41)30-12-8-13-32(24-30)40-44-38(28-10-4-3-5-11-28)43-39(45-40)29-19-17-27(18-20-29)33-14-9-23-42-26-33/h2*3-28H,1-2H3;3-26H,1-2H3. The van der Waals surface area contributed by atoms with Crippen LogP contribution in [0.15, 0.2) is 462 Å². The van der Waals surface area contributed by atoms with Crippen molar-refractivity contribution >= 4 is 21.5 Å². The minimum Gasteiger partial charge on any atom is -0.264 e. The molecule has 0 amide bonds. The van der Waals surface area contributed by atoms with Gasteiger partial charge in [-0.2, -0.15) is 0 Å². The molecule has 6 heterocycles. The molecule has 3 aliphatic rings. The Hall–Kier alpha value is -18.3. The molecule has 23 aromatic rings. The third kappa shape index (κ3) is 16.7. The minimum atomic E-state index is -0.126. The first-order chi connectivity index (χ1) is 70.1. The Bertz CT molecular complexity index is 8800. The molecule has 0 atom stereocenters. The number of pyridine rings is 3. The maximum atomic E-state index is 5.04. The Kier molecular flexibility index (Phi) is 22.4. The average Bonchev–Trinajstić information content (AvgIpc) is 1.56. The maximum absolute atomic E-state index is 5.04. The van der Waals surface area contributed by atoms with E-state index in [1.165, 1.54) is 105 Å². The van der Waals surface area contributed by atoms with Crippen LogP contribution < -0.4 is 0 Å². The van der Waals surface area contributed by atoms with Crippen molar-refractivity contribution in [3.05, 3.63) is 495 Å². The van der Waals surface area contributed by atoms with Gasteiger partial charge in [0.15, 0.2) is 52.4 Å². The van der Waals surface area contributed by atoms with Crippen molar-refractivity contribution in [3.63, 3.8) is 0 Å². The lowest BCUT2D eigenvalue weighted by molar-refractivity contribution is 0.660. The maximum Gasteiger partial charge on any atom is 0.164 e. The molecule has 143 heavy (non-hydrogen) atoms. The number of fused-ring (bicyclic) bond motifs is 13. The van der Waals surface area contributed by atoms with E-state index in [0.29, 0.717) is 52.4 Å². The highest BCUT2D eigenvalue weighted by atomic mass is 15.1. The zero-order valence-corrected chi connectivity index (χ0v) is 79.7. The van der Waals surface area contributed by atoms with Crippen LogP contribution in [-0.2, 0) is 16.2 Å². The van der Waals surface area contributed by atoms with Crippen LogP contribution in [0.25, 0.3) is 224 Å². The second-order valence-corrected chi connectivity index (χ2v) is 38.3. The van der Waals surface area contributed by atoms with Gasteiger partial charge in [0.2, 0.25) is 0 Å². The summed E-state index contributed by atoms with van der Waals surface area (Å²) in [4.78, 5) is 57.7. The van der Waals surface area contributed by atoms with Gasteiger partial charge < -0.3 is 0 Å². The van der Waals surface area contributed by atoms with Crippen LogP contribution in [0.4, 0.5) is 0 Å². The van der Waals surface area contributed by atoms with Crippen molar-refractivity contribution in [2.45, 2.75) is 57.8 Å². The van der Waals surface area contributed by atoms with E-state index in [4.69, 9.17) is 44.9 Å². The smallest absolute Gasteiger partial charge is 0.164 e. The van der Waals surface area contributed by atoms with E-state index in [1.807, 2.05) is 128 Å². The van der Waals surface area contributed by atoms with Gasteiger partial charge >= 0.3 is 0 Å². The summed E-state index contributed by atoms with van der Waals surface area (Å²) < 4.78 is 0. The molecule has 6 aromatic heterocycles. The summed E-state index contributed by atoms with van der Waals surface area (Å²) >= 11 is 0. The monoisotopic (exact) mass is 1830 g/mol. The Labute approximate surface area is 831 Å². The molecule has 12 heteroatoms. The zero-order chi connectivity index (χ0) is 96.3. The van der Waals surface area contributed by atoms with Crippen molar-refractivity contribution in [1.29, 1.82) is 0 Å².